The zero-order valence-electron chi connectivity index (χ0n) is 21.1. The second-order valence-electron chi connectivity index (χ2n) is 8.94. The summed E-state index contributed by atoms with van der Waals surface area (Å²) in [6.45, 7) is 3.71. The van der Waals surface area contributed by atoms with Gasteiger partial charge < -0.3 is 21.9 Å². The summed E-state index contributed by atoms with van der Waals surface area (Å²) >= 11 is 0.710. The number of rotatable bonds is 8. The Balaban J connectivity index is 1.85. The highest BCUT2D eigenvalue weighted by Crippen LogP contribution is 2.35. The molecule has 0 radical (unpaired) electrons. The predicted molar refractivity (Wildman–Crippen MR) is 147 cm³/mol. The molecule has 1 unspecified atom stereocenters. The fourth-order valence-corrected chi connectivity index (χ4v) is 4.79. The number of phenols is 1. The minimum absolute atomic E-state index is 0.0216. The van der Waals surface area contributed by atoms with E-state index in [2.05, 4.69) is 9.69 Å². The van der Waals surface area contributed by atoms with Gasteiger partial charge in [-0.1, -0.05) is 36.4 Å². The maximum atomic E-state index is 14.2. The zero-order valence-corrected chi connectivity index (χ0v) is 22.0. The Bertz CT molecular complexity index is 1540. The standard InChI is InChI=1S/C28H26FN5O4S/c1-15-3-4-16(2)21(13-15)34(28(38)25-22(30)23(26(31)36)33-39-25)24(18-7-11-20(35)12-8-18)27(37)32-14-17-5-9-19(29)10-6-17/h3-13,24,35H,14,30H2,1-2H3,(H2,31,36)(H,32,37). The molecule has 0 saturated carbocycles. The van der Waals surface area contributed by atoms with E-state index in [1.54, 1.807) is 25.1 Å². The predicted octanol–water partition coefficient (Wildman–Crippen LogP) is 3.99. The smallest absolute Gasteiger partial charge is 0.273 e. The molecule has 1 aromatic heterocycles. The van der Waals surface area contributed by atoms with Crippen LogP contribution in [0.1, 0.15) is 48.5 Å². The summed E-state index contributed by atoms with van der Waals surface area (Å²) in [5.41, 5.74) is 14.1. The number of hydrogen-bond acceptors (Lipinski definition) is 7. The van der Waals surface area contributed by atoms with Crippen LogP contribution in [0.5, 0.6) is 5.75 Å². The van der Waals surface area contributed by atoms with Crippen LogP contribution in [0, 0.1) is 19.7 Å². The first-order valence-electron chi connectivity index (χ1n) is 11.8. The molecule has 0 fully saturated rings. The van der Waals surface area contributed by atoms with Gasteiger partial charge in [-0.15, -0.1) is 0 Å². The van der Waals surface area contributed by atoms with Gasteiger partial charge >= 0.3 is 0 Å². The average Bonchev–Trinajstić information content (AvgIpc) is 3.30. The van der Waals surface area contributed by atoms with Gasteiger partial charge in [0.05, 0.1) is 5.69 Å². The van der Waals surface area contributed by atoms with E-state index in [4.69, 9.17) is 11.5 Å². The zero-order chi connectivity index (χ0) is 28.3. The number of aromatic nitrogens is 1. The Morgan fingerprint density at radius 2 is 1.72 bits per heavy atom. The summed E-state index contributed by atoms with van der Waals surface area (Å²) in [4.78, 5) is 41.0. The summed E-state index contributed by atoms with van der Waals surface area (Å²) in [7, 11) is 0. The molecule has 4 aromatic rings. The Hall–Kier alpha value is -4.77. The lowest BCUT2D eigenvalue weighted by molar-refractivity contribution is -0.122. The quantitative estimate of drug-likeness (QED) is 0.262. The number of carbonyl (C=O) groups is 3. The second-order valence-corrected chi connectivity index (χ2v) is 9.72. The third kappa shape index (κ3) is 5.88. The molecule has 11 heteroatoms. The van der Waals surface area contributed by atoms with Gasteiger partial charge in [-0.05, 0) is 78.0 Å². The highest BCUT2D eigenvalue weighted by atomic mass is 32.1. The number of phenolic OH excluding ortho intramolecular Hbond substituents is 1. The second kappa shape index (κ2) is 11.3. The summed E-state index contributed by atoms with van der Waals surface area (Å²) in [6, 6.07) is 15.8. The fraction of sp³-hybridized carbons (Fsp3) is 0.143. The van der Waals surface area contributed by atoms with Crippen molar-refractivity contribution in [3.8, 4) is 5.75 Å². The molecule has 0 aliphatic heterocycles. The van der Waals surface area contributed by atoms with Crippen molar-refractivity contribution in [2.24, 2.45) is 5.73 Å². The van der Waals surface area contributed by atoms with Crippen LogP contribution >= 0.6 is 11.5 Å². The van der Waals surface area contributed by atoms with Crippen LogP contribution in [0.2, 0.25) is 0 Å². The van der Waals surface area contributed by atoms with Gasteiger partial charge in [0.2, 0.25) is 5.91 Å². The number of amides is 3. The highest BCUT2D eigenvalue weighted by molar-refractivity contribution is 7.09. The molecule has 0 aliphatic rings. The number of nitrogen functional groups attached to an aromatic ring is 1. The fourth-order valence-electron chi connectivity index (χ4n) is 4.05. The van der Waals surface area contributed by atoms with E-state index in [-0.39, 0.29) is 28.6 Å². The first-order valence-corrected chi connectivity index (χ1v) is 12.6. The molecule has 39 heavy (non-hydrogen) atoms. The van der Waals surface area contributed by atoms with E-state index in [9.17, 15) is 23.9 Å². The first kappa shape index (κ1) is 27.3. The molecule has 0 aliphatic carbocycles. The molecule has 3 amide bonds. The van der Waals surface area contributed by atoms with E-state index in [0.717, 1.165) is 5.56 Å². The number of benzene rings is 3. The minimum atomic E-state index is -1.22. The van der Waals surface area contributed by atoms with E-state index < -0.39 is 29.6 Å². The molecular weight excluding hydrogens is 521 g/mol. The first-order chi connectivity index (χ1) is 18.6. The summed E-state index contributed by atoms with van der Waals surface area (Å²) in [6.07, 6.45) is 0. The molecule has 6 N–H and O–H groups in total. The van der Waals surface area contributed by atoms with Gasteiger partial charge in [0.25, 0.3) is 11.8 Å². The normalized spacial score (nSPS) is 11.6. The Kier molecular flexibility index (Phi) is 7.91. The summed E-state index contributed by atoms with van der Waals surface area (Å²) in [5, 5.41) is 12.7. The Labute approximate surface area is 228 Å². The van der Waals surface area contributed by atoms with Crippen LogP contribution < -0.4 is 21.7 Å². The third-order valence-electron chi connectivity index (χ3n) is 6.09. The number of primary amides is 1. The van der Waals surface area contributed by atoms with E-state index >= 15 is 0 Å². The highest BCUT2D eigenvalue weighted by Gasteiger charge is 2.36. The lowest BCUT2D eigenvalue weighted by Crippen LogP contribution is -2.44. The number of aromatic hydroxyl groups is 1. The van der Waals surface area contributed by atoms with Crippen molar-refractivity contribution in [1.29, 1.82) is 0 Å². The van der Waals surface area contributed by atoms with Crippen LogP contribution in [0.3, 0.4) is 0 Å². The number of carbonyl (C=O) groups excluding carboxylic acids is 3. The van der Waals surface area contributed by atoms with Crippen LogP contribution in [0.25, 0.3) is 0 Å². The lowest BCUT2D eigenvalue weighted by Gasteiger charge is -2.32. The van der Waals surface area contributed by atoms with Gasteiger partial charge in [0.15, 0.2) is 5.69 Å². The number of nitrogens with one attached hydrogen (secondary N) is 1. The molecule has 200 valence electrons. The maximum absolute atomic E-state index is 14.2. The average molecular weight is 548 g/mol. The van der Waals surface area contributed by atoms with Crippen LogP contribution in [-0.4, -0.2) is 27.2 Å². The number of halogens is 1. The third-order valence-corrected chi connectivity index (χ3v) is 6.94. The molecule has 1 atom stereocenters. The van der Waals surface area contributed by atoms with Gasteiger partial charge in [-0.2, -0.15) is 4.37 Å². The topological polar surface area (TPSA) is 152 Å². The largest absolute Gasteiger partial charge is 0.508 e. The van der Waals surface area contributed by atoms with Crippen LogP contribution in [0.4, 0.5) is 15.8 Å². The number of nitrogens with two attached hydrogens (primary N) is 2. The molecule has 0 saturated heterocycles. The van der Waals surface area contributed by atoms with Gasteiger partial charge in [-0.25, -0.2) is 4.39 Å². The summed E-state index contributed by atoms with van der Waals surface area (Å²) in [5.74, 6) is -2.52. The van der Waals surface area contributed by atoms with E-state index in [1.165, 1.54) is 41.3 Å². The number of hydrogen-bond donors (Lipinski definition) is 4. The van der Waals surface area contributed by atoms with Gasteiger partial charge in [-0.3, -0.25) is 19.3 Å². The lowest BCUT2D eigenvalue weighted by atomic mass is 10.00. The van der Waals surface area contributed by atoms with Gasteiger partial charge in [0.1, 0.15) is 22.5 Å². The monoisotopic (exact) mass is 547 g/mol. The molecule has 0 bridgehead atoms. The Morgan fingerprint density at radius 3 is 2.33 bits per heavy atom. The maximum Gasteiger partial charge on any atom is 0.273 e. The summed E-state index contributed by atoms with van der Waals surface area (Å²) < 4.78 is 17.3. The van der Waals surface area contributed by atoms with Crippen molar-refractivity contribution in [3.63, 3.8) is 0 Å². The van der Waals surface area contributed by atoms with Crippen molar-refractivity contribution < 1.29 is 23.9 Å². The number of aryl methyl sites for hydroxylation is 2. The van der Waals surface area contributed by atoms with E-state index in [0.29, 0.717) is 33.9 Å². The van der Waals surface area contributed by atoms with Crippen molar-refractivity contribution >= 4 is 40.6 Å². The molecule has 9 nitrogen and oxygen atoms in total. The van der Waals surface area contributed by atoms with Crippen molar-refractivity contribution in [2.75, 3.05) is 10.6 Å². The Morgan fingerprint density at radius 1 is 1.05 bits per heavy atom. The molecule has 3 aromatic carbocycles. The van der Waals surface area contributed by atoms with Gasteiger partial charge in [0, 0.05) is 12.2 Å². The van der Waals surface area contributed by atoms with Crippen molar-refractivity contribution in [1.82, 2.24) is 9.69 Å². The van der Waals surface area contributed by atoms with Crippen LogP contribution in [-0.2, 0) is 11.3 Å². The molecule has 4 rings (SSSR count). The SMILES string of the molecule is Cc1ccc(C)c(N(C(=O)c2snc(C(N)=O)c2N)C(C(=O)NCc2ccc(F)cc2)c2ccc(O)cc2)c1. The van der Waals surface area contributed by atoms with Crippen LogP contribution in [0.15, 0.2) is 66.7 Å². The van der Waals surface area contributed by atoms with Crippen molar-refractivity contribution in [3.05, 3.63) is 105 Å². The number of nitrogens with zero attached hydrogens (tertiary/aromatic N) is 2. The van der Waals surface area contributed by atoms with Crippen molar-refractivity contribution in [2.45, 2.75) is 26.4 Å². The molecule has 0 spiro atoms. The molecular formula is C28H26FN5O4S. The molecule has 1 heterocycles. The number of anilines is 2. The van der Waals surface area contributed by atoms with E-state index in [1.807, 2.05) is 19.1 Å². The minimum Gasteiger partial charge on any atom is -0.508 e.